The summed E-state index contributed by atoms with van der Waals surface area (Å²) >= 11 is 3.29. The zero-order valence-corrected chi connectivity index (χ0v) is 14.0. The molecule has 22 heavy (non-hydrogen) atoms. The quantitative estimate of drug-likeness (QED) is 0.751. The number of amides is 1. The highest BCUT2D eigenvalue weighted by molar-refractivity contribution is 9.10. The van der Waals surface area contributed by atoms with E-state index < -0.39 is 10.0 Å². The highest BCUT2D eigenvalue weighted by Gasteiger charge is 2.12. The zero-order valence-electron chi connectivity index (χ0n) is 11.6. The minimum atomic E-state index is -3.54. The average Bonchev–Trinajstić information content (AvgIpc) is 2.52. The number of benzene rings is 2. The molecule has 0 heterocycles. The van der Waals surface area contributed by atoms with Gasteiger partial charge in [0.05, 0.1) is 4.90 Å². The zero-order chi connectivity index (χ0) is 16.0. The van der Waals surface area contributed by atoms with Crippen molar-refractivity contribution in [2.24, 2.45) is 0 Å². The third-order valence-electron chi connectivity index (χ3n) is 2.84. The summed E-state index contributed by atoms with van der Waals surface area (Å²) in [5.74, 6) is -0.250. The van der Waals surface area contributed by atoms with Crippen LogP contribution >= 0.6 is 15.9 Å². The van der Waals surface area contributed by atoms with E-state index in [-0.39, 0.29) is 23.9 Å². The van der Waals surface area contributed by atoms with Gasteiger partial charge in [-0.1, -0.05) is 40.2 Å². The molecule has 2 N–H and O–H groups in total. The normalized spacial score (nSPS) is 11.1. The Balaban J connectivity index is 1.83. The SMILES string of the molecule is O=C(NCCNS(=O)(=O)c1ccccc1)c1cccc(Br)c1. The van der Waals surface area contributed by atoms with Gasteiger partial charge in [0.15, 0.2) is 0 Å². The topological polar surface area (TPSA) is 75.3 Å². The van der Waals surface area contributed by atoms with Crippen LogP contribution in [0.4, 0.5) is 0 Å². The van der Waals surface area contributed by atoms with Gasteiger partial charge in [-0.25, -0.2) is 13.1 Å². The van der Waals surface area contributed by atoms with Crippen molar-refractivity contribution in [3.63, 3.8) is 0 Å². The van der Waals surface area contributed by atoms with Gasteiger partial charge in [0.25, 0.3) is 5.91 Å². The first-order valence-electron chi connectivity index (χ1n) is 6.57. The predicted octanol–water partition coefficient (Wildman–Crippen LogP) is 2.16. The molecule has 0 bridgehead atoms. The Bertz CT molecular complexity index is 748. The molecule has 0 aliphatic heterocycles. The summed E-state index contributed by atoms with van der Waals surface area (Å²) in [6.45, 7) is 0.328. The molecule has 2 aromatic rings. The second-order valence-corrected chi connectivity index (χ2v) is 7.16. The van der Waals surface area contributed by atoms with Crippen molar-refractivity contribution in [2.75, 3.05) is 13.1 Å². The summed E-state index contributed by atoms with van der Waals surface area (Å²) in [5, 5.41) is 2.66. The Morgan fingerprint density at radius 2 is 1.73 bits per heavy atom. The van der Waals surface area contributed by atoms with E-state index in [0.29, 0.717) is 5.56 Å². The lowest BCUT2D eigenvalue weighted by molar-refractivity contribution is 0.0954. The van der Waals surface area contributed by atoms with Crippen molar-refractivity contribution in [3.05, 3.63) is 64.6 Å². The first-order chi connectivity index (χ1) is 10.5. The Morgan fingerprint density at radius 3 is 2.41 bits per heavy atom. The smallest absolute Gasteiger partial charge is 0.251 e. The van der Waals surface area contributed by atoms with Crippen molar-refractivity contribution < 1.29 is 13.2 Å². The van der Waals surface area contributed by atoms with Crippen LogP contribution in [0.3, 0.4) is 0 Å². The van der Waals surface area contributed by atoms with Crippen LogP contribution in [-0.2, 0) is 10.0 Å². The lowest BCUT2D eigenvalue weighted by Gasteiger charge is -2.08. The van der Waals surface area contributed by atoms with E-state index in [1.165, 1.54) is 12.1 Å². The number of rotatable bonds is 6. The molecule has 0 aliphatic rings. The highest BCUT2D eigenvalue weighted by atomic mass is 79.9. The van der Waals surface area contributed by atoms with Crippen LogP contribution in [0.15, 0.2) is 64.0 Å². The molecule has 0 unspecified atom stereocenters. The summed E-state index contributed by atoms with van der Waals surface area (Å²) < 4.78 is 27.2. The first kappa shape index (κ1) is 16.7. The van der Waals surface area contributed by atoms with Crippen molar-refractivity contribution >= 4 is 31.9 Å². The molecule has 0 saturated carbocycles. The summed E-state index contributed by atoms with van der Waals surface area (Å²) in [6, 6.07) is 15.1. The summed E-state index contributed by atoms with van der Waals surface area (Å²) in [7, 11) is -3.54. The maximum absolute atomic E-state index is 12.0. The van der Waals surface area contributed by atoms with Crippen molar-refractivity contribution in [1.82, 2.24) is 10.0 Å². The van der Waals surface area contributed by atoms with Crippen LogP contribution in [0.5, 0.6) is 0 Å². The predicted molar refractivity (Wildman–Crippen MR) is 88.1 cm³/mol. The third-order valence-corrected chi connectivity index (χ3v) is 4.81. The van der Waals surface area contributed by atoms with Crippen LogP contribution in [0.25, 0.3) is 0 Å². The van der Waals surface area contributed by atoms with Gasteiger partial charge in [-0.05, 0) is 30.3 Å². The monoisotopic (exact) mass is 382 g/mol. The van der Waals surface area contributed by atoms with Gasteiger partial charge in [0.2, 0.25) is 10.0 Å². The van der Waals surface area contributed by atoms with Gasteiger partial charge in [-0.2, -0.15) is 0 Å². The Hall–Kier alpha value is -1.70. The van der Waals surface area contributed by atoms with Crippen molar-refractivity contribution in [1.29, 1.82) is 0 Å². The minimum absolute atomic E-state index is 0.122. The van der Waals surface area contributed by atoms with Crippen LogP contribution in [0, 0.1) is 0 Å². The van der Waals surface area contributed by atoms with E-state index >= 15 is 0 Å². The fraction of sp³-hybridized carbons (Fsp3) is 0.133. The molecule has 0 spiro atoms. The molecular formula is C15H15BrN2O3S. The van der Waals surface area contributed by atoms with Gasteiger partial charge in [-0.3, -0.25) is 4.79 Å². The largest absolute Gasteiger partial charge is 0.351 e. The third kappa shape index (κ3) is 4.66. The molecule has 0 radical (unpaired) electrons. The molecular weight excluding hydrogens is 368 g/mol. The summed E-state index contributed by atoms with van der Waals surface area (Å²) in [4.78, 5) is 12.1. The van der Waals surface area contributed by atoms with Gasteiger partial charge in [0, 0.05) is 23.1 Å². The molecule has 0 saturated heterocycles. The minimum Gasteiger partial charge on any atom is -0.351 e. The van der Waals surface area contributed by atoms with Crippen LogP contribution in [0.2, 0.25) is 0 Å². The lowest BCUT2D eigenvalue weighted by Crippen LogP contribution is -2.34. The van der Waals surface area contributed by atoms with Crippen molar-refractivity contribution in [2.45, 2.75) is 4.90 Å². The number of nitrogens with one attached hydrogen (secondary N) is 2. The number of hydrogen-bond donors (Lipinski definition) is 2. The van der Waals surface area contributed by atoms with Gasteiger partial charge < -0.3 is 5.32 Å². The lowest BCUT2D eigenvalue weighted by atomic mass is 10.2. The van der Waals surface area contributed by atoms with Gasteiger partial charge >= 0.3 is 0 Å². The number of hydrogen-bond acceptors (Lipinski definition) is 3. The standard InChI is InChI=1S/C15H15BrN2O3S/c16-13-6-4-5-12(11-13)15(19)17-9-10-18-22(20,21)14-7-2-1-3-8-14/h1-8,11,18H,9-10H2,(H,17,19). The Labute approximate surface area is 137 Å². The molecule has 0 aromatic heterocycles. The number of halogens is 1. The van der Waals surface area contributed by atoms with Crippen LogP contribution < -0.4 is 10.0 Å². The Kier molecular flexibility index (Phi) is 5.70. The molecule has 0 atom stereocenters. The molecule has 5 nitrogen and oxygen atoms in total. The van der Waals surface area contributed by atoms with E-state index in [1.54, 1.807) is 36.4 Å². The van der Waals surface area contributed by atoms with Gasteiger partial charge in [-0.15, -0.1) is 0 Å². The van der Waals surface area contributed by atoms with Gasteiger partial charge in [0.1, 0.15) is 0 Å². The maximum atomic E-state index is 12.0. The molecule has 7 heteroatoms. The van der Waals surface area contributed by atoms with E-state index in [0.717, 1.165) is 4.47 Å². The average molecular weight is 383 g/mol. The van der Waals surface area contributed by atoms with E-state index in [9.17, 15) is 13.2 Å². The second-order valence-electron chi connectivity index (χ2n) is 4.48. The summed E-state index contributed by atoms with van der Waals surface area (Å²) in [5.41, 5.74) is 0.514. The van der Waals surface area contributed by atoms with Crippen LogP contribution in [-0.4, -0.2) is 27.4 Å². The number of sulfonamides is 1. The first-order valence-corrected chi connectivity index (χ1v) is 8.85. The second kappa shape index (κ2) is 7.53. The molecule has 0 fully saturated rings. The fourth-order valence-electron chi connectivity index (χ4n) is 1.78. The summed E-state index contributed by atoms with van der Waals surface area (Å²) in [6.07, 6.45) is 0. The van der Waals surface area contributed by atoms with E-state index in [2.05, 4.69) is 26.0 Å². The fourth-order valence-corrected chi connectivity index (χ4v) is 3.23. The van der Waals surface area contributed by atoms with E-state index in [1.807, 2.05) is 6.07 Å². The number of carbonyl (C=O) groups is 1. The number of carbonyl (C=O) groups excluding carboxylic acids is 1. The molecule has 116 valence electrons. The Morgan fingerprint density at radius 1 is 1.00 bits per heavy atom. The highest BCUT2D eigenvalue weighted by Crippen LogP contribution is 2.11. The molecule has 2 aromatic carbocycles. The molecule has 2 rings (SSSR count). The van der Waals surface area contributed by atoms with Crippen LogP contribution in [0.1, 0.15) is 10.4 Å². The van der Waals surface area contributed by atoms with E-state index in [4.69, 9.17) is 0 Å². The van der Waals surface area contributed by atoms with Crippen molar-refractivity contribution in [3.8, 4) is 0 Å². The molecule has 0 aliphatic carbocycles. The molecule has 1 amide bonds. The maximum Gasteiger partial charge on any atom is 0.251 e.